The summed E-state index contributed by atoms with van der Waals surface area (Å²) in [6.07, 6.45) is 9.10. The number of fused-ring (bicyclic) bond motifs is 1. The summed E-state index contributed by atoms with van der Waals surface area (Å²) in [5.41, 5.74) is -0.779. The molecular formula is C37H52N8O9S. The number of nitrogens with one attached hydrogen (secondary N) is 3. The van der Waals surface area contributed by atoms with Gasteiger partial charge in [-0.05, 0) is 93.2 Å². The number of carbonyl (C=O) groups excluding carboxylic acids is 4. The van der Waals surface area contributed by atoms with Crippen LogP contribution in [-0.4, -0.2) is 106 Å². The number of methoxy groups -OCH3 is 1. The Bertz CT molecular complexity index is 1830. The average Bonchev–Trinajstić information content (AvgIpc) is 3.93. The van der Waals surface area contributed by atoms with Gasteiger partial charge in [-0.3, -0.25) is 19.1 Å². The van der Waals surface area contributed by atoms with E-state index in [9.17, 15) is 27.6 Å². The highest BCUT2D eigenvalue weighted by Gasteiger charge is 2.61. The highest BCUT2D eigenvalue weighted by molar-refractivity contribution is 7.91. The van der Waals surface area contributed by atoms with E-state index in [0.717, 1.165) is 62.7 Å². The summed E-state index contributed by atoms with van der Waals surface area (Å²) in [6.45, 7) is 1.76. The predicted molar refractivity (Wildman–Crippen MR) is 197 cm³/mol. The number of benzene rings is 1. The quantitative estimate of drug-likeness (QED) is 0.300. The zero-order valence-corrected chi connectivity index (χ0v) is 32.3. The number of hydrogen-bond acceptors (Lipinski definition) is 12. The van der Waals surface area contributed by atoms with Gasteiger partial charge in [0.2, 0.25) is 27.7 Å². The molecule has 300 valence electrons. The van der Waals surface area contributed by atoms with E-state index in [1.165, 1.54) is 4.90 Å². The lowest BCUT2D eigenvalue weighted by molar-refractivity contribution is -0.144. The Balaban J connectivity index is 1.17. The molecule has 5 aliphatic rings. The molecule has 1 aromatic carbocycles. The van der Waals surface area contributed by atoms with Gasteiger partial charge in [0, 0.05) is 16.9 Å². The zero-order valence-electron chi connectivity index (χ0n) is 31.5. The van der Waals surface area contributed by atoms with Crippen LogP contribution in [0, 0.1) is 5.92 Å². The average molecular weight is 785 g/mol. The molecule has 3 aliphatic carbocycles. The summed E-state index contributed by atoms with van der Waals surface area (Å²) in [5.74, 6) is -1.23. The summed E-state index contributed by atoms with van der Waals surface area (Å²) < 4.78 is 38.6. The highest BCUT2D eigenvalue weighted by Crippen LogP contribution is 2.44. The van der Waals surface area contributed by atoms with Gasteiger partial charge >= 0.3 is 6.09 Å². The molecule has 2 aromatic rings. The fourth-order valence-electron chi connectivity index (χ4n) is 8.25. The Kier molecular flexibility index (Phi) is 11.5. The normalized spacial score (nSPS) is 28.9. The first-order chi connectivity index (χ1) is 26.5. The van der Waals surface area contributed by atoms with Crippen LogP contribution in [0.25, 0.3) is 11.4 Å². The van der Waals surface area contributed by atoms with Gasteiger partial charge in [-0.15, -0.1) is 5.10 Å². The molecule has 3 heterocycles. The number of sulfonamides is 1. The van der Waals surface area contributed by atoms with Gasteiger partial charge in [-0.1, -0.05) is 50.5 Å². The van der Waals surface area contributed by atoms with Crippen LogP contribution in [0.15, 0.2) is 24.3 Å². The van der Waals surface area contributed by atoms with Crippen LogP contribution >= 0.6 is 0 Å². The van der Waals surface area contributed by atoms with E-state index >= 15 is 0 Å². The van der Waals surface area contributed by atoms with E-state index in [0.29, 0.717) is 49.2 Å². The largest absolute Gasteiger partial charge is 0.497 e. The number of tetrazole rings is 1. The smallest absolute Gasteiger partial charge is 0.408 e. The number of carbonyl (C=O) groups is 4. The van der Waals surface area contributed by atoms with Gasteiger partial charge in [0.25, 0.3) is 5.91 Å². The minimum absolute atomic E-state index is 0.0212. The number of alkyl carbamates (subject to hydrolysis) is 1. The number of ether oxygens (including phenoxy) is 2. The van der Waals surface area contributed by atoms with E-state index in [2.05, 4.69) is 30.8 Å². The zero-order chi connectivity index (χ0) is 38.7. The molecular weight excluding hydrogens is 733 g/mol. The van der Waals surface area contributed by atoms with E-state index in [4.69, 9.17) is 14.3 Å². The van der Waals surface area contributed by atoms with E-state index < -0.39 is 68.9 Å². The van der Waals surface area contributed by atoms with Crippen LogP contribution in [0.4, 0.5) is 4.79 Å². The van der Waals surface area contributed by atoms with Crippen LogP contribution in [0.1, 0.15) is 110 Å². The topological polar surface area (TPSA) is 213 Å². The molecule has 3 N–H and O–H groups in total. The van der Waals surface area contributed by atoms with Crippen molar-refractivity contribution in [3.63, 3.8) is 0 Å². The molecule has 18 heteroatoms. The third-order valence-electron chi connectivity index (χ3n) is 11.8. The molecule has 0 bridgehead atoms. The molecule has 55 heavy (non-hydrogen) atoms. The Morgan fingerprint density at radius 3 is 2.22 bits per heavy atom. The Labute approximate surface area is 321 Å². The number of amides is 4. The number of aromatic nitrogens is 4. The third kappa shape index (κ3) is 8.83. The van der Waals surface area contributed by atoms with Gasteiger partial charge in [0.05, 0.1) is 18.4 Å². The molecule has 3 unspecified atom stereocenters. The third-order valence-corrected chi connectivity index (χ3v) is 13.6. The van der Waals surface area contributed by atoms with Gasteiger partial charge in [-0.25, -0.2) is 13.2 Å². The fourth-order valence-corrected chi connectivity index (χ4v) is 9.61. The summed E-state index contributed by atoms with van der Waals surface area (Å²) in [7, 11) is -2.30. The molecule has 6 atom stereocenters. The van der Waals surface area contributed by atoms with Gasteiger partial charge in [-0.2, -0.15) is 0 Å². The van der Waals surface area contributed by atoms with Gasteiger partial charge < -0.3 is 29.8 Å². The summed E-state index contributed by atoms with van der Waals surface area (Å²) in [4.78, 5) is 64.8. The Morgan fingerprint density at radius 2 is 1.56 bits per heavy atom. The molecule has 5 fully saturated rings. The molecule has 1 aromatic heterocycles. The Hall–Kier alpha value is -4.48. The van der Waals surface area contributed by atoms with E-state index in [-0.39, 0.29) is 24.9 Å². The van der Waals surface area contributed by atoms with E-state index in [1.807, 2.05) is 0 Å². The van der Waals surface area contributed by atoms with Crippen molar-refractivity contribution in [2.75, 3.05) is 7.11 Å². The highest BCUT2D eigenvalue weighted by atomic mass is 32.2. The first-order valence-electron chi connectivity index (χ1n) is 19.8. The lowest BCUT2D eigenvalue weighted by Gasteiger charge is -2.34. The van der Waals surface area contributed by atoms with Crippen molar-refractivity contribution in [3.8, 4) is 17.1 Å². The maximum absolute atomic E-state index is 14.8. The van der Waals surface area contributed by atoms with Crippen LogP contribution in [-0.2, 0) is 29.1 Å². The number of hydrogen-bond donors (Lipinski definition) is 3. The van der Waals surface area contributed by atoms with Crippen molar-refractivity contribution < 1.29 is 41.9 Å². The van der Waals surface area contributed by atoms with Gasteiger partial charge in [0.1, 0.15) is 29.5 Å². The predicted octanol–water partition coefficient (Wildman–Crippen LogP) is 2.79. The van der Waals surface area contributed by atoms with Crippen LogP contribution in [0.3, 0.4) is 0 Å². The molecule has 4 amide bonds. The summed E-state index contributed by atoms with van der Waals surface area (Å²) in [6, 6.07) is 4.39. The van der Waals surface area contributed by atoms with Crippen LogP contribution in [0.5, 0.6) is 5.75 Å². The summed E-state index contributed by atoms with van der Waals surface area (Å²) >= 11 is 0. The van der Waals surface area contributed by atoms with Crippen LogP contribution in [0.2, 0.25) is 0 Å². The molecule has 3 saturated carbocycles. The molecule has 2 saturated heterocycles. The van der Waals surface area contributed by atoms with Crippen molar-refractivity contribution in [1.29, 1.82) is 0 Å². The lowest BCUT2D eigenvalue weighted by atomic mass is 9.99. The minimum atomic E-state index is -3.87. The first-order valence-corrected chi connectivity index (χ1v) is 21.3. The van der Waals surface area contributed by atoms with Crippen molar-refractivity contribution >= 4 is 33.8 Å². The van der Waals surface area contributed by atoms with Crippen molar-refractivity contribution in [2.24, 2.45) is 5.92 Å². The second-order valence-electron chi connectivity index (χ2n) is 15.8. The maximum Gasteiger partial charge on any atom is 0.408 e. The lowest BCUT2D eigenvalue weighted by Crippen LogP contribution is -2.59. The second-order valence-corrected chi connectivity index (χ2v) is 17.7. The second kappa shape index (κ2) is 16.3. The van der Waals surface area contributed by atoms with Crippen LogP contribution < -0.4 is 24.9 Å². The van der Waals surface area contributed by atoms with Gasteiger partial charge in [0.15, 0.2) is 6.10 Å². The molecule has 0 spiro atoms. The molecule has 17 nitrogen and oxygen atoms in total. The fraction of sp³-hybridized carbons (Fsp3) is 0.703. The van der Waals surface area contributed by atoms with Crippen molar-refractivity contribution in [2.45, 2.75) is 151 Å². The van der Waals surface area contributed by atoms with Crippen molar-refractivity contribution in [1.82, 2.24) is 40.6 Å². The minimum Gasteiger partial charge on any atom is -0.497 e. The summed E-state index contributed by atoms with van der Waals surface area (Å²) in [5, 5.41) is 17.8. The van der Waals surface area contributed by atoms with Crippen molar-refractivity contribution in [3.05, 3.63) is 24.3 Å². The monoisotopic (exact) mass is 784 g/mol. The molecule has 2 aliphatic heterocycles. The molecule has 7 rings (SSSR count). The maximum atomic E-state index is 14.8. The number of nitrogens with zero attached hydrogens (tertiary/aromatic N) is 5. The SMILES string of the molecule is COc1ccc(-c2nnn(O[C@@H]3C[C@@H](C(=O)NC4(C(=O)NS(=O)(=O)C5CC5)C[C@H]4C)N4C(=O)C(NC(=O)OC5CCCC5)CCCCCCCCC34)n2)cc1. The number of rotatable bonds is 11. The van der Waals surface area contributed by atoms with E-state index in [1.54, 1.807) is 38.3 Å². The Morgan fingerprint density at radius 1 is 0.909 bits per heavy atom. The molecule has 0 radical (unpaired) electrons. The first kappa shape index (κ1) is 38.8. The standard InChI is InChI=1S/C37H52N8O9S/c1-23-22-37(23,35(48)42-55(50,51)27-19-20-27)39-33(46)30-21-31(54-45-41-32(40-43-45)24-15-17-25(52-2)18-16-24)29-14-8-6-4-3-5-7-13-28(34(47)44(29)30)38-36(49)53-26-11-9-10-12-26/h15-18,23,26-31H,3-14,19-22H2,1-2H3,(H,38,49)(H,39,46)(H,42,48)/t23-,28?,29?,30+,31-,37?/m1/s1.